The van der Waals surface area contributed by atoms with Gasteiger partial charge in [-0.3, -0.25) is 0 Å². The molecule has 0 radical (unpaired) electrons. The molecule has 0 saturated heterocycles. The minimum absolute atomic E-state index is 0.197. The summed E-state index contributed by atoms with van der Waals surface area (Å²) >= 11 is 0. The Morgan fingerprint density at radius 2 is 2.08 bits per heavy atom. The van der Waals surface area contributed by atoms with Crippen LogP contribution in [0.1, 0.15) is 65.0 Å². The molecule has 2 atom stereocenters. The van der Waals surface area contributed by atoms with Gasteiger partial charge >= 0.3 is 0 Å². The number of guanidine groups is 1. The van der Waals surface area contributed by atoms with Gasteiger partial charge < -0.3 is 19.9 Å². The molecule has 0 spiro atoms. The third-order valence-corrected chi connectivity index (χ3v) is 6.19. The van der Waals surface area contributed by atoms with E-state index in [1.165, 1.54) is 0 Å². The second-order valence-corrected chi connectivity index (χ2v) is 7.30. The molecular formula is C19H34N6O. The maximum atomic E-state index is 5.99. The van der Waals surface area contributed by atoms with Crippen LogP contribution in [0.4, 0.5) is 0 Å². The lowest BCUT2D eigenvalue weighted by atomic mass is 9.58. The zero-order chi connectivity index (χ0) is 18.6. The van der Waals surface area contributed by atoms with E-state index in [9.17, 15) is 0 Å². The number of hydrogen-bond acceptors (Lipinski definition) is 4. The normalized spacial score (nSPS) is 24.2. The summed E-state index contributed by atoms with van der Waals surface area (Å²) in [6.45, 7) is 11.9. The molecule has 2 aliphatic rings. The van der Waals surface area contributed by atoms with Crippen molar-refractivity contribution in [3.05, 3.63) is 11.6 Å². The first-order valence-corrected chi connectivity index (χ1v) is 10.3. The standard InChI is InChI=1S/C19H34N6O/c1-5-19(6-2)14(12-15(19)26-8-4)22-18(20-7-3)21-13-17-24-23-16-10-9-11-25(16)17/h14-15H,5-13H2,1-4H3,(H2,20,21,22). The van der Waals surface area contributed by atoms with E-state index in [2.05, 4.69) is 53.1 Å². The van der Waals surface area contributed by atoms with Gasteiger partial charge in [0.05, 0.1) is 6.10 Å². The molecule has 26 heavy (non-hydrogen) atoms. The lowest BCUT2D eigenvalue weighted by molar-refractivity contribution is -0.133. The van der Waals surface area contributed by atoms with E-state index in [1.54, 1.807) is 0 Å². The number of fused-ring (bicyclic) bond motifs is 1. The van der Waals surface area contributed by atoms with Gasteiger partial charge in [-0.15, -0.1) is 10.2 Å². The number of aromatic nitrogens is 3. The second kappa shape index (κ2) is 8.37. The lowest BCUT2D eigenvalue weighted by Gasteiger charge is -2.55. The average Bonchev–Trinajstić information content (AvgIpc) is 3.24. The van der Waals surface area contributed by atoms with Crippen LogP contribution in [0.15, 0.2) is 4.99 Å². The highest BCUT2D eigenvalue weighted by Crippen LogP contribution is 2.48. The summed E-state index contributed by atoms with van der Waals surface area (Å²) in [5.41, 5.74) is 0.197. The van der Waals surface area contributed by atoms with Crippen LogP contribution in [0.5, 0.6) is 0 Å². The van der Waals surface area contributed by atoms with Gasteiger partial charge in [0, 0.05) is 37.6 Å². The largest absolute Gasteiger partial charge is 0.378 e. The Bertz CT molecular complexity index is 622. The van der Waals surface area contributed by atoms with Gasteiger partial charge in [-0.1, -0.05) is 13.8 Å². The summed E-state index contributed by atoms with van der Waals surface area (Å²) < 4.78 is 8.21. The van der Waals surface area contributed by atoms with E-state index in [1.807, 2.05) is 0 Å². The molecule has 2 N–H and O–H groups in total. The maximum Gasteiger partial charge on any atom is 0.191 e. The highest BCUT2D eigenvalue weighted by atomic mass is 16.5. The van der Waals surface area contributed by atoms with Crippen molar-refractivity contribution in [3.63, 3.8) is 0 Å². The van der Waals surface area contributed by atoms with E-state index in [0.29, 0.717) is 18.7 Å². The number of ether oxygens (including phenoxy) is 1. The SMILES string of the molecule is CCNC(=NCc1nnc2n1CCC2)NC1CC(OCC)C1(CC)CC. The molecular weight excluding hydrogens is 328 g/mol. The molecule has 1 fully saturated rings. The van der Waals surface area contributed by atoms with Crippen LogP contribution in [-0.4, -0.2) is 46.0 Å². The Labute approximate surface area is 157 Å². The molecule has 3 rings (SSSR count). The summed E-state index contributed by atoms with van der Waals surface area (Å²) in [7, 11) is 0. The van der Waals surface area contributed by atoms with Gasteiger partial charge in [-0.25, -0.2) is 4.99 Å². The summed E-state index contributed by atoms with van der Waals surface area (Å²) in [5, 5.41) is 15.6. The van der Waals surface area contributed by atoms with Crippen LogP contribution in [0.3, 0.4) is 0 Å². The van der Waals surface area contributed by atoms with Gasteiger partial charge in [0.15, 0.2) is 11.8 Å². The van der Waals surface area contributed by atoms with Crippen LogP contribution in [0.25, 0.3) is 0 Å². The Kier molecular flexibility index (Phi) is 6.16. The van der Waals surface area contributed by atoms with Crippen LogP contribution in [0.2, 0.25) is 0 Å². The highest BCUT2D eigenvalue weighted by molar-refractivity contribution is 5.80. The molecule has 1 aliphatic heterocycles. The molecule has 1 saturated carbocycles. The summed E-state index contributed by atoms with van der Waals surface area (Å²) in [6, 6.07) is 0.399. The van der Waals surface area contributed by atoms with Crippen LogP contribution in [-0.2, 0) is 24.2 Å². The van der Waals surface area contributed by atoms with E-state index >= 15 is 0 Å². The van der Waals surface area contributed by atoms with Crippen molar-refractivity contribution in [1.82, 2.24) is 25.4 Å². The third kappa shape index (κ3) is 3.46. The zero-order valence-corrected chi connectivity index (χ0v) is 16.7. The van der Waals surface area contributed by atoms with Crippen molar-refractivity contribution in [1.29, 1.82) is 0 Å². The number of nitrogens with zero attached hydrogens (tertiary/aromatic N) is 4. The predicted octanol–water partition coefficient (Wildman–Crippen LogP) is 2.26. The van der Waals surface area contributed by atoms with E-state index in [0.717, 1.165) is 69.4 Å². The van der Waals surface area contributed by atoms with Crippen molar-refractivity contribution in [3.8, 4) is 0 Å². The quantitative estimate of drug-likeness (QED) is 0.548. The fourth-order valence-corrected chi connectivity index (χ4v) is 4.55. The van der Waals surface area contributed by atoms with Crippen LogP contribution < -0.4 is 10.6 Å². The second-order valence-electron chi connectivity index (χ2n) is 7.30. The molecule has 2 unspecified atom stereocenters. The summed E-state index contributed by atoms with van der Waals surface area (Å²) in [5.74, 6) is 2.93. The summed E-state index contributed by atoms with van der Waals surface area (Å²) in [4.78, 5) is 4.79. The molecule has 2 heterocycles. The Hall–Kier alpha value is -1.63. The number of hydrogen-bond donors (Lipinski definition) is 2. The van der Waals surface area contributed by atoms with Crippen LogP contribution >= 0.6 is 0 Å². The van der Waals surface area contributed by atoms with E-state index < -0.39 is 0 Å². The Balaban J connectivity index is 1.68. The van der Waals surface area contributed by atoms with Crippen molar-refractivity contribution in [2.24, 2.45) is 10.4 Å². The van der Waals surface area contributed by atoms with Crippen LogP contribution in [0, 0.1) is 5.41 Å². The number of rotatable bonds is 8. The first-order valence-electron chi connectivity index (χ1n) is 10.3. The Morgan fingerprint density at radius 1 is 1.27 bits per heavy atom. The average molecular weight is 363 g/mol. The molecule has 146 valence electrons. The molecule has 1 aliphatic carbocycles. The predicted molar refractivity (Wildman–Crippen MR) is 103 cm³/mol. The molecule has 1 aromatic heterocycles. The monoisotopic (exact) mass is 362 g/mol. The smallest absolute Gasteiger partial charge is 0.191 e. The first kappa shape index (κ1) is 19.1. The molecule has 7 heteroatoms. The van der Waals surface area contributed by atoms with Gasteiger partial charge in [0.1, 0.15) is 12.4 Å². The van der Waals surface area contributed by atoms with Crippen molar-refractivity contribution >= 4 is 5.96 Å². The number of aryl methyl sites for hydroxylation is 1. The van der Waals surface area contributed by atoms with Gasteiger partial charge in [-0.05, 0) is 39.5 Å². The molecule has 0 bridgehead atoms. The molecule has 0 amide bonds. The third-order valence-electron chi connectivity index (χ3n) is 6.19. The molecule has 0 aromatic carbocycles. The fourth-order valence-electron chi connectivity index (χ4n) is 4.55. The van der Waals surface area contributed by atoms with Gasteiger partial charge in [-0.2, -0.15) is 0 Å². The van der Waals surface area contributed by atoms with E-state index in [4.69, 9.17) is 9.73 Å². The zero-order valence-electron chi connectivity index (χ0n) is 16.7. The lowest BCUT2D eigenvalue weighted by Crippen LogP contribution is -2.65. The van der Waals surface area contributed by atoms with Crippen molar-refractivity contribution < 1.29 is 4.74 Å². The summed E-state index contributed by atoms with van der Waals surface area (Å²) in [6.07, 6.45) is 5.82. The fraction of sp³-hybridized carbons (Fsp3) is 0.842. The minimum Gasteiger partial charge on any atom is -0.378 e. The topological polar surface area (TPSA) is 76.4 Å². The highest BCUT2D eigenvalue weighted by Gasteiger charge is 2.53. The van der Waals surface area contributed by atoms with Gasteiger partial charge in [0.25, 0.3) is 0 Å². The first-order chi connectivity index (χ1) is 12.7. The van der Waals surface area contributed by atoms with Gasteiger partial charge in [0.2, 0.25) is 0 Å². The Morgan fingerprint density at radius 3 is 2.77 bits per heavy atom. The molecule has 1 aromatic rings. The van der Waals surface area contributed by atoms with Crippen molar-refractivity contribution in [2.45, 2.75) is 85.0 Å². The number of nitrogens with one attached hydrogen (secondary N) is 2. The molecule has 7 nitrogen and oxygen atoms in total. The number of aliphatic imine (C=N–C) groups is 1. The van der Waals surface area contributed by atoms with E-state index in [-0.39, 0.29) is 5.41 Å². The minimum atomic E-state index is 0.197. The van der Waals surface area contributed by atoms with Crippen molar-refractivity contribution in [2.75, 3.05) is 13.2 Å². The maximum absolute atomic E-state index is 5.99.